The minimum atomic E-state index is -0.815. The summed E-state index contributed by atoms with van der Waals surface area (Å²) in [5.74, 6) is -1.43. The van der Waals surface area contributed by atoms with Crippen LogP contribution in [-0.2, 0) is 19.1 Å². The summed E-state index contributed by atoms with van der Waals surface area (Å²) >= 11 is 0. The van der Waals surface area contributed by atoms with E-state index in [-0.39, 0.29) is 24.2 Å². The second-order valence-electron chi connectivity index (χ2n) is 8.44. The summed E-state index contributed by atoms with van der Waals surface area (Å²) in [7, 11) is 0. The van der Waals surface area contributed by atoms with Crippen LogP contribution in [0.1, 0.15) is 58.8 Å². The van der Waals surface area contributed by atoms with Crippen molar-refractivity contribution in [2.24, 2.45) is 5.41 Å². The Bertz CT molecular complexity index is 833. The van der Waals surface area contributed by atoms with Crippen LogP contribution in [-0.4, -0.2) is 31.2 Å². The van der Waals surface area contributed by atoms with E-state index in [1.54, 1.807) is 0 Å². The Morgan fingerprint density at radius 1 is 1.17 bits per heavy atom. The summed E-state index contributed by atoms with van der Waals surface area (Å²) in [6, 6.07) is 4.45. The van der Waals surface area contributed by atoms with Gasteiger partial charge in [-0.2, -0.15) is 10.5 Å². The molecule has 0 radical (unpaired) electrons. The van der Waals surface area contributed by atoms with E-state index < -0.39 is 11.9 Å². The highest BCUT2D eigenvalue weighted by Gasteiger charge is 2.35. The first-order valence-electron chi connectivity index (χ1n) is 10.3. The quantitative estimate of drug-likeness (QED) is 0.295. The number of nitrogens with one attached hydrogen (secondary N) is 1. The third-order valence-electron chi connectivity index (χ3n) is 5.35. The van der Waals surface area contributed by atoms with Crippen LogP contribution in [0.3, 0.4) is 0 Å². The van der Waals surface area contributed by atoms with Gasteiger partial charge in [-0.15, -0.1) is 0 Å². The third-order valence-corrected chi connectivity index (χ3v) is 5.35. The number of hydrogen-bond acceptors (Lipinski definition) is 7. The molecule has 0 unspecified atom stereocenters. The molecule has 2 rings (SSSR count). The molecule has 0 aliphatic heterocycles. The maximum atomic E-state index is 12.5. The highest BCUT2D eigenvalue weighted by atomic mass is 16.6. The summed E-state index contributed by atoms with van der Waals surface area (Å²) < 4.78 is 9.88. The number of ether oxygens (including phenoxy) is 2. The van der Waals surface area contributed by atoms with Crippen molar-refractivity contribution in [1.82, 2.24) is 5.32 Å². The Morgan fingerprint density at radius 3 is 2.43 bits per heavy atom. The predicted octanol–water partition coefficient (Wildman–Crippen LogP) is 3.60. The van der Waals surface area contributed by atoms with Crippen LogP contribution in [0.4, 0.5) is 0 Å². The minimum Gasteiger partial charge on any atom is -0.459 e. The maximum absolute atomic E-state index is 12.5. The van der Waals surface area contributed by atoms with Gasteiger partial charge in [-0.25, -0.2) is 9.59 Å². The molecule has 30 heavy (non-hydrogen) atoms. The van der Waals surface area contributed by atoms with E-state index in [2.05, 4.69) is 31.8 Å². The number of hydrogen-bond donors (Lipinski definition) is 1. The number of nitrogens with zero attached hydrogens (tertiary/aromatic N) is 2. The lowest BCUT2D eigenvalue weighted by Crippen LogP contribution is -2.35. The van der Waals surface area contributed by atoms with Crippen LogP contribution < -0.4 is 5.32 Å². The molecule has 7 nitrogen and oxygen atoms in total. The van der Waals surface area contributed by atoms with Gasteiger partial charge in [0.15, 0.2) is 0 Å². The summed E-state index contributed by atoms with van der Waals surface area (Å²) in [5, 5.41) is 23.0. The van der Waals surface area contributed by atoms with Gasteiger partial charge in [-0.3, -0.25) is 0 Å². The fraction of sp³-hybridized carbons (Fsp3) is 0.565. The van der Waals surface area contributed by atoms with Crippen molar-refractivity contribution >= 4 is 11.9 Å². The number of allylic oxidation sites excluding steroid dienone is 3. The Kier molecular flexibility index (Phi) is 8.24. The van der Waals surface area contributed by atoms with Gasteiger partial charge in [-0.1, -0.05) is 39.7 Å². The van der Waals surface area contributed by atoms with Crippen LogP contribution in [0.25, 0.3) is 0 Å². The van der Waals surface area contributed by atoms with E-state index in [1.807, 2.05) is 6.07 Å². The topological polar surface area (TPSA) is 112 Å². The molecule has 0 saturated heterocycles. The lowest BCUT2D eigenvalue weighted by molar-refractivity contribution is -0.146. The molecule has 0 atom stereocenters. The Labute approximate surface area is 178 Å². The van der Waals surface area contributed by atoms with Gasteiger partial charge in [0.05, 0.1) is 5.57 Å². The molecule has 7 heteroatoms. The number of esters is 2. The average Bonchev–Trinajstić information content (AvgIpc) is 2.71. The van der Waals surface area contributed by atoms with Gasteiger partial charge in [0, 0.05) is 17.8 Å². The summed E-state index contributed by atoms with van der Waals surface area (Å²) in [6.07, 6.45) is 7.77. The van der Waals surface area contributed by atoms with Crippen molar-refractivity contribution in [1.29, 1.82) is 10.5 Å². The first kappa shape index (κ1) is 23.2. The van der Waals surface area contributed by atoms with Crippen LogP contribution >= 0.6 is 0 Å². The van der Waals surface area contributed by atoms with E-state index >= 15 is 0 Å². The zero-order chi connectivity index (χ0) is 22.1. The standard InChI is InChI=1S/C23H29N3O4/c1-4-21(27)29-10-11-30-22(28)19(15-25)17-12-23(2,3)13-20(18(17)14-24)26-16-8-6-5-7-9-16/h4,16,26H,1,5-13H2,2-3H3/b19-17-. The Hall–Kier alpha value is -3.06. The molecule has 2 aliphatic carbocycles. The molecular weight excluding hydrogens is 382 g/mol. The van der Waals surface area contributed by atoms with Crippen molar-refractivity contribution in [3.8, 4) is 12.1 Å². The van der Waals surface area contributed by atoms with Gasteiger partial charge in [0.25, 0.3) is 0 Å². The lowest BCUT2D eigenvalue weighted by atomic mass is 9.72. The van der Waals surface area contributed by atoms with Crippen LogP contribution in [0.15, 0.2) is 35.1 Å². The van der Waals surface area contributed by atoms with Crippen LogP contribution in [0.2, 0.25) is 0 Å². The zero-order valence-corrected chi connectivity index (χ0v) is 17.8. The largest absolute Gasteiger partial charge is 0.459 e. The monoisotopic (exact) mass is 411 g/mol. The fourth-order valence-corrected chi connectivity index (χ4v) is 3.99. The van der Waals surface area contributed by atoms with E-state index in [1.165, 1.54) is 6.42 Å². The van der Waals surface area contributed by atoms with Gasteiger partial charge in [0.1, 0.15) is 30.9 Å². The number of rotatable bonds is 7. The first-order valence-corrected chi connectivity index (χ1v) is 10.3. The second-order valence-corrected chi connectivity index (χ2v) is 8.44. The molecule has 2 aliphatic rings. The zero-order valence-electron chi connectivity index (χ0n) is 17.8. The van der Waals surface area contributed by atoms with Crippen molar-refractivity contribution in [2.45, 2.75) is 64.8 Å². The summed E-state index contributed by atoms with van der Waals surface area (Å²) in [4.78, 5) is 23.6. The highest BCUT2D eigenvalue weighted by molar-refractivity contribution is 5.95. The molecule has 0 heterocycles. The van der Waals surface area contributed by atoms with Gasteiger partial charge in [-0.05, 0) is 36.7 Å². The number of carbonyl (C=O) groups excluding carboxylic acids is 2. The molecular formula is C23H29N3O4. The molecule has 0 aromatic carbocycles. The normalized spacial score (nSPS) is 20.4. The highest BCUT2D eigenvalue weighted by Crippen LogP contribution is 2.42. The number of nitriles is 2. The van der Waals surface area contributed by atoms with Crippen molar-refractivity contribution in [2.75, 3.05) is 13.2 Å². The fourth-order valence-electron chi connectivity index (χ4n) is 3.99. The summed E-state index contributed by atoms with van der Waals surface area (Å²) in [6.45, 7) is 7.08. The Morgan fingerprint density at radius 2 is 1.83 bits per heavy atom. The smallest absolute Gasteiger partial charge is 0.349 e. The Balaban J connectivity index is 2.27. The molecule has 0 amide bonds. The maximum Gasteiger partial charge on any atom is 0.349 e. The molecule has 0 aromatic rings. The van der Waals surface area contributed by atoms with Crippen molar-refractivity contribution in [3.05, 3.63) is 35.1 Å². The summed E-state index contributed by atoms with van der Waals surface area (Å²) in [5.41, 5.74) is 1.21. The van der Waals surface area contributed by atoms with Crippen molar-refractivity contribution < 1.29 is 19.1 Å². The van der Waals surface area contributed by atoms with Gasteiger partial charge in [0.2, 0.25) is 0 Å². The molecule has 0 spiro atoms. The number of carbonyl (C=O) groups is 2. The van der Waals surface area contributed by atoms with E-state index in [4.69, 9.17) is 9.47 Å². The average molecular weight is 412 g/mol. The van der Waals surface area contributed by atoms with Crippen LogP contribution in [0.5, 0.6) is 0 Å². The lowest BCUT2D eigenvalue weighted by Gasteiger charge is -2.36. The molecule has 0 aromatic heterocycles. The SMILES string of the molecule is C=CC(=O)OCCOC(=O)/C(C#N)=C1/CC(C)(C)CC(NC2CCCCC2)=C1C#N. The van der Waals surface area contributed by atoms with Gasteiger partial charge >= 0.3 is 11.9 Å². The van der Waals surface area contributed by atoms with E-state index in [0.717, 1.165) is 37.5 Å². The first-order chi connectivity index (χ1) is 14.3. The minimum absolute atomic E-state index is 0.133. The predicted molar refractivity (Wildman–Crippen MR) is 110 cm³/mol. The third kappa shape index (κ3) is 6.22. The molecule has 1 saturated carbocycles. The van der Waals surface area contributed by atoms with Gasteiger partial charge < -0.3 is 14.8 Å². The van der Waals surface area contributed by atoms with E-state index in [0.29, 0.717) is 30.0 Å². The molecule has 1 fully saturated rings. The van der Waals surface area contributed by atoms with E-state index in [9.17, 15) is 20.1 Å². The van der Waals surface area contributed by atoms with Crippen molar-refractivity contribution in [3.63, 3.8) is 0 Å². The second kappa shape index (κ2) is 10.6. The molecule has 0 bridgehead atoms. The van der Waals surface area contributed by atoms with Crippen LogP contribution in [0, 0.1) is 28.1 Å². The molecule has 1 N–H and O–H groups in total. The molecule has 160 valence electrons.